The third kappa shape index (κ3) is 6.91. The molecule has 0 atom stereocenters. The second-order valence-electron chi connectivity index (χ2n) is 8.48. The summed E-state index contributed by atoms with van der Waals surface area (Å²) >= 11 is 0. The van der Waals surface area contributed by atoms with Gasteiger partial charge in [-0.3, -0.25) is 4.79 Å². The molecule has 0 saturated carbocycles. The number of hydrogen-bond acceptors (Lipinski definition) is 5. The van der Waals surface area contributed by atoms with Gasteiger partial charge >= 0.3 is 0 Å². The van der Waals surface area contributed by atoms with Gasteiger partial charge in [-0.2, -0.15) is 0 Å². The van der Waals surface area contributed by atoms with E-state index in [2.05, 4.69) is 57.9 Å². The van der Waals surface area contributed by atoms with E-state index in [1.165, 1.54) is 5.56 Å². The number of hydrogen-bond donors (Lipinski definition) is 1. The third-order valence-electron chi connectivity index (χ3n) is 6.18. The van der Waals surface area contributed by atoms with Gasteiger partial charge in [-0.15, -0.1) is 29.9 Å². The summed E-state index contributed by atoms with van der Waals surface area (Å²) in [5, 5.41) is 11.8. The van der Waals surface area contributed by atoms with E-state index in [4.69, 9.17) is 0 Å². The quantitative estimate of drug-likeness (QED) is 0.705. The Labute approximate surface area is 197 Å². The fourth-order valence-electron chi connectivity index (χ4n) is 4.51. The molecule has 172 valence electrons. The second-order valence-corrected chi connectivity index (χ2v) is 8.48. The Bertz CT molecular complexity index is 788. The first-order valence-corrected chi connectivity index (χ1v) is 10.8. The molecule has 0 unspecified atom stereocenters. The van der Waals surface area contributed by atoms with E-state index in [1.54, 1.807) is 0 Å². The van der Waals surface area contributed by atoms with E-state index in [0.717, 1.165) is 65.0 Å². The highest BCUT2D eigenvalue weighted by Gasteiger charge is 2.27. The molecule has 1 aromatic heterocycles. The molecular weight excluding hydrogens is 435 g/mol. The number of amides is 1. The second kappa shape index (κ2) is 12.4. The van der Waals surface area contributed by atoms with Gasteiger partial charge in [0.05, 0.1) is 12.2 Å². The summed E-state index contributed by atoms with van der Waals surface area (Å²) in [6.45, 7) is 5.66. The van der Waals surface area contributed by atoms with Crippen LogP contribution in [-0.4, -0.2) is 70.5 Å². The van der Waals surface area contributed by atoms with Gasteiger partial charge in [0.1, 0.15) is 0 Å². The SMILES string of the molecule is CN(Cc1ccccc1)CC1CCN(C(=O)c2cn(C3CCNCC3)nn2)CC1.Cl.Cl. The van der Waals surface area contributed by atoms with E-state index in [9.17, 15) is 4.79 Å². The first-order valence-electron chi connectivity index (χ1n) is 10.8. The maximum atomic E-state index is 12.9. The van der Waals surface area contributed by atoms with Crippen LogP contribution >= 0.6 is 24.8 Å². The van der Waals surface area contributed by atoms with Gasteiger partial charge < -0.3 is 15.1 Å². The molecule has 2 aromatic rings. The molecule has 0 bridgehead atoms. The van der Waals surface area contributed by atoms with Crippen molar-refractivity contribution < 1.29 is 4.79 Å². The molecule has 2 fully saturated rings. The average molecular weight is 469 g/mol. The van der Waals surface area contributed by atoms with Crippen molar-refractivity contribution >= 4 is 30.7 Å². The van der Waals surface area contributed by atoms with Crippen LogP contribution in [0.2, 0.25) is 0 Å². The molecule has 2 saturated heterocycles. The third-order valence-corrected chi connectivity index (χ3v) is 6.18. The number of carbonyl (C=O) groups excluding carboxylic acids is 1. The highest BCUT2D eigenvalue weighted by molar-refractivity contribution is 5.92. The molecule has 3 heterocycles. The number of benzene rings is 1. The standard InChI is InChI=1S/C22H32N6O.2ClH/c1-26(15-18-5-3-2-4-6-18)16-19-9-13-27(14-10-19)22(29)21-17-28(25-24-21)20-7-11-23-12-8-20;;/h2-6,17,19-20,23H,7-16H2,1H3;2*1H. The summed E-state index contributed by atoms with van der Waals surface area (Å²) in [5.41, 5.74) is 1.84. The molecule has 31 heavy (non-hydrogen) atoms. The number of piperidine rings is 2. The lowest BCUT2D eigenvalue weighted by Gasteiger charge is -2.33. The smallest absolute Gasteiger partial charge is 0.276 e. The van der Waals surface area contributed by atoms with Crippen molar-refractivity contribution in [2.24, 2.45) is 5.92 Å². The molecule has 0 aliphatic carbocycles. The molecule has 2 aliphatic heterocycles. The summed E-state index contributed by atoms with van der Waals surface area (Å²) < 4.78 is 1.89. The molecule has 2 aliphatic rings. The lowest BCUT2D eigenvalue weighted by atomic mass is 9.96. The summed E-state index contributed by atoms with van der Waals surface area (Å²) in [7, 11) is 2.18. The van der Waals surface area contributed by atoms with Crippen molar-refractivity contribution in [3.63, 3.8) is 0 Å². The average Bonchev–Trinajstić information content (AvgIpc) is 3.25. The zero-order chi connectivity index (χ0) is 20.1. The van der Waals surface area contributed by atoms with Gasteiger partial charge in [0.25, 0.3) is 5.91 Å². The number of nitrogens with one attached hydrogen (secondary N) is 1. The van der Waals surface area contributed by atoms with Crippen LogP contribution in [-0.2, 0) is 6.54 Å². The van der Waals surface area contributed by atoms with E-state index in [0.29, 0.717) is 17.7 Å². The van der Waals surface area contributed by atoms with Crippen LogP contribution in [0.3, 0.4) is 0 Å². The monoisotopic (exact) mass is 468 g/mol. The van der Waals surface area contributed by atoms with Gasteiger partial charge in [0.15, 0.2) is 5.69 Å². The Morgan fingerprint density at radius 2 is 1.77 bits per heavy atom. The van der Waals surface area contributed by atoms with E-state index in [1.807, 2.05) is 15.8 Å². The van der Waals surface area contributed by atoms with Gasteiger partial charge in [0.2, 0.25) is 0 Å². The lowest BCUT2D eigenvalue weighted by molar-refractivity contribution is 0.0666. The fourth-order valence-corrected chi connectivity index (χ4v) is 4.51. The summed E-state index contributed by atoms with van der Waals surface area (Å²) in [5.74, 6) is 0.666. The van der Waals surface area contributed by atoms with Crippen LogP contribution in [0.15, 0.2) is 36.5 Å². The summed E-state index contributed by atoms with van der Waals surface area (Å²) in [4.78, 5) is 17.2. The van der Waals surface area contributed by atoms with Gasteiger partial charge in [0, 0.05) is 26.2 Å². The van der Waals surface area contributed by atoms with E-state index in [-0.39, 0.29) is 30.7 Å². The Hall–Kier alpha value is -1.67. The molecule has 7 nitrogen and oxygen atoms in total. The Morgan fingerprint density at radius 1 is 1.10 bits per heavy atom. The molecule has 9 heteroatoms. The Balaban J connectivity index is 0.00000171. The van der Waals surface area contributed by atoms with Crippen LogP contribution in [0.4, 0.5) is 0 Å². The van der Waals surface area contributed by atoms with Crippen LogP contribution < -0.4 is 5.32 Å². The normalized spacial score (nSPS) is 17.8. The molecule has 0 radical (unpaired) electrons. The van der Waals surface area contributed by atoms with Crippen LogP contribution in [0.1, 0.15) is 47.8 Å². The molecule has 0 spiro atoms. The van der Waals surface area contributed by atoms with Crippen molar-refractivity contribution in [3.05, 3.63) is 47.8 Å². The summed E-state index contributed by atoms with van der Waals surface area (Å²) in [6.07, 6.45) is 6.02. The van der Waals surface area contributed by atoms with E-state index >= 15 is 0 Å². The van der Waals surface area contributed by atoms with Crippen molar-refractivity contribution in [1.82, 2.24) is 30.1 Å². The molecular formula is C22H34Cl2N6O. The minimum Gasteiger partial charge on any atom is -0.337 e. The van der Waals surface area contributed by atoms with Crippen molar-refractivity contribution in [1.29, 1.82) is 0 Å². The number of halogens is 2. The first kappa shape index (κ1) is 25.6. The zero-order valence-corrected chi connectivity index (χ0v) is 19.8. The Kier molecular flexibility index (Phi) is 10.2. The fraction of sp³-hybridized carbons (Fsp3) is 0.591. The minimum absolute atomic E-state index is 0. The number of carbonyl (C=O) groups is 1. The van der Waals surface area contributed by atoms with Gasteiger partial charge in [-0.25, -0.2) is 4.68 Å². The first-order chi connectivity index (χ1) is 14.2. The zero-order valence-electron chi connectivity index (χ0n) is 18.2. The van der Waals surface area contributed by atoms with Crippen molar-refractivity contribution in [2.75, 3.05) is 39.8 Å². The molecule has 4 rings (SSSR count). The largest absolute Gasteiger partial charge is 0.337 e. The maximum Gasteiger partial charge on any atom is 0.276 e. The van der Waals surface area contributed by atoms with Crippen LogP contribution in [0.5, 0.6) is 0 Å². The minimum atomic E-state index is 0. The van der Waals surface area contributed by atoms with Crippen molar-refractivity contribution in [2.45, 2.75) is 38.3 Å². The van der Waals surface area contributed by atoms with Crippen LogP contribution in [0, 0.1) is 5.92 Å². The van der Waals surface area contributed by atoms with Crippen molar-refractivity contribution in [3.8, 4) is 0 Å². The molecule has 1 aromatic carbocycles. The summed E-state index contributed by atoms with van der Waals surface area (Å²) in [6, 6.07) is 10.9. The highest BCUT2D eigenvalue weighted by atomic mass is 35.5. The van der Waals surface area contributed by atoms with Crippen LogP contribution in [0.25, 0.3) is 0 Å². The number of rotatable bonds is 6. The maximum absolute atomic E-state index is 12.9. The number of likely N-dealkylation sites (tertiary alicyclic amines) is 1. The topological polar surface area (TPSA) is 66.3 Å². The predicted molar refractivity (Wildman–Crippen MR) is 127 cm³/mol. The molecule has 1 N–H and O–H groups in total. The predicted octanol–water partition coefficient (Wildman–Crippen LogP) is 3.03. The molecule has 1 amide bonds. The number of aromatic nitrogens is 3. The van der Waals surface area contributed by atoms with Gasteiger partial charge in [-0.05, 0) is 57.3 Å². The van der Waals surface area contributed by atoms with E-state index < -0.39 is 0 Å². The lowest BCUT2D eigenvalue weighted by Crippen LogP contribution is -2.41. The Morgan fingerprint density at radius 3 is 2.45 bits per heavy atom. The highest BCUT2D eigenvalue weighted by Crippen LogP contribution is 2.21. The van der Waals surface area contributed by atoms with Gasteiger partial charge in [-0.1, -0.05) is 35.5 Å². The number of nitrogens with zero attached hydrogens (tertiary/aromatic N) is 5.